The van der Waals surface area contributed by atoms with Crippen molar-refractivity contribution in [1.29, 1.82) is 0 Å². The van der Waals surface area contributed by atoms with E-state index in [1.807, 2.05) is 43.3 Å². The predicted octanol–water partition coefficient (Wildman–Crippen LogP) is 4.63. The van der Waals surface area contributed by atoms with E-state index in [0.717, 1.165) is 5.69 Å². The molecule has 9 nitrogen and oxygen atoms in total. The maximum Gasteiger partial charge on any atom is 0.335 e. The average molecular weight is 523 g/mol. The molecule has 0 unspecified atom stereocenters. The minimum absolute atomic E-state index is 0.00391. The highest BCUT2D eigenvalue weighted by Gasteiger charge is 2.15. The Morgan fingerprint density at radius 2 is 1.59 bits per heavy atom. The number of carbonyl (C=O) groups is 3. The lowest BCUT2D eigenvalue weighted by Gasteiger charge is -2.12. The van der Waals surface area contributed by atoms with E-state index < -0.39 is 17.8 Å². The van der Waals surface area contributed by atoms with E-state index in [9.17, 15) is 19.5 Å². The van der Waals surface area contributed by atoms with Crippen molar-refractivity contribution in [1.82, 2.24) is 10.7 Å². The number of hydrogen-bond acceptors (Lipinski definition) is 6. The molecular formula is C30H26N4O5. The normalized spacial score (nSPS) is 11.3. The van der Waals surface area contributed by atoms with Crippen molar-refractivity contribution in [3.05, 3.63) is 119 Å². The lowest BCUT2D eigenvalue weighted by molar-refractivity contribution is -0.117. The Bertz CT molecular complexity index is 1540. The summed E-state index contributed by atoms with van der Waals surface area (Å²) in [5.41, 5.74) is 5.25. The van der Waals surface area contributed by atoms with E-state index in [0.29, 0.717) is 28.2 Å². The molecule has 0 aliphatic heterocycles. The maximum absolute atomic E-state index is 13.0. The number of hydrogen-bond donors (Lipinski definition) is 3. The molecule has 4 rings (SSSR count). The van der Waals surface area contributed by atoms with E-state index in [2.05, 4.69) is 15.8 Å². The van der Waals surface area contributed by atoms with Crippen LogP contribution in [0, 0.1) is 0 Å². The van der Waals surface area contributed by atoms with Gasteiger partial charge in [0.2, 0.25) is 0 Å². The molecule has 0 saturated heterocycles. The molecule has 0 aliphatic rings. The van der Waals surface area contributed by atoms with Crippen LogP contribution in [0.25, 0.3) is 17.4 Å². The second-order valence-corrected chi connectivity index (χ2v) is 8.65. The second-order valence-electron chi connectivity index (χ2n) is 8.65. The number of aromatic carboxylic acids is 1. The largest absolute Gasteiger partial charge is 0.478 e. The van der Waals surface area contributed by atoms with Gasteiger partial charge in [-0.1, -0.05) is 42.5 Å². The SMILES string of the molecule is CN(C)c1ccc(/C=C(/NC(=O)c2ccccc2)C(=O)N/N=C/c2ccc(-c3cccc(C(=O)O)c3)o2)cc1. The van der Waals surface area contributed by atoms with E-state index in [1.165, 1.54) is 18.3 Å². The molecular weight excluding hydrogens is 496 g/mol. The summed E-state index contributed by atoms with van der Waals surface area (Å²) < 4.78 is 5.71. The van der Waals surface area contributed by atoms with Gasteiger partial charge in [0, 0.05) is 30.9 Å². The summed E-state index contributed by atoms with van der Waals surface area (Å²) in [6.45, 7) is 0. The fourth-order valence-electron chi connectivity index (χ4n) is 3.58. The summed E-state index contributed by atoms with van der Waals surface area (Å²) in [6.07, 6.45) is 2.87. The molecule has 0 radical (unpaired) electrons. The number of carboxylic acids is 1. The predicted molar refractivity (Wildman–Crippen MR) is 149 cm³/mol. The first-order chi connectivity index (χ1) is 18.8. The fourth-order valence-corrected chi connectivity index (χ4v) is 3.58. The summed E-state index contributed by atoms with van der Waals surface area (Å²) in [7, 11) is 3.86. The standard InChI is InChI=1S/C30H26N4O5/c1-34(2)24-13-11-20(12-14-24)17-26(32-28(35)21-7-4-3-5-8-21)29(36)33-31-19-25-15-16-27(39-25)22-9-6-10-23(18-22)30(37)38/h3-19H,1-2H3,(H,32,35)(H,33,36)(H,37,38)/b26-17+,31-19+. The molecule has 3 aromatic carbocycles. The van der Waals surface area contributed by atoms with Crippen LogP contribution in [0.3, 0.4) is 0 Å². The molecule has 39 heavy (non-hydrogen) atoms. The number of nitrogens with one attached hydrogen (secondary N) is 2. The zero-order valence-corrected chi connectivity index (χ0v) is 21.3. The smallest absolute Gasteiger partial charge is 0.335 e. The molecule has 3 N–H and O–H groups in total. The van der Waals surface area contributed by atoms with Crippen molar-refractivity contribution >= 4 is 35.8 Å². The van der Waals surface area contributed by atoms with Crippen molar-refractivity contribution in [2.75, 3.05) is 19.0 Å². The number of anilines is 1. The minimum Gasteiger partial charge on any atom is -0.478 e. The lowest BCUT2D eigenvalue weighted by atomic mass is 10.1. The van der Waals surface area contributed by atoms with Crippen LogP contribution >= 0.6 is 0 Å². The molecule has 0 bridgehead atoms. The average Bonchev–Trinajstić information content (AvgIpc) is 3.42. The van der Waals surface area contributed by atoms with Gasteiger partial charge in [-0.15, -0.1) is 0 Å². The molecule has 0 fully saturated rings. The van der Waals surface area contributed by atoms with Gasteiger partial charge in [0.15, 0.2) is 0 Å². The van der Waals surface area contributed by atoms with Gasteiger partial charge >= 0.3 is 5.97 Å². The van der Waals surface area contributed by atoms with Crippen LogP contribution in [0.5, 0.6) is 0 Å². The molecule has 1 heterocycles. The third-order valence-electron chi connectivity index (χ3n) is 5.63. The van der Waals surface area contributed by atoms with E-state index in [1.54, 1.807) is 60.7 Å². The number of nitrogens with zero attached hydrogens (tertiary/aromatic N) is 2. The lowest BCUT2D eigenvalue weighted by Crippen LogP contribution is -2.32. The Morgan fingerprint density at radius 3 is 2.28 bits per heavy atom. The molecule has 2 amide bonds. The Hall–Kier alpha value is -5.44. The van der Waals surface area contributed by atoms with Crippen molar-refractivity contribution in [2.45, 2.75) is 0 Å². The van der Waals surface area contributed by atoms with Crippen molar-refractivity contribution in [2.24, 2.45) is 5.10 Å². The monoisotopic (exact) mass is 522 g/mol. The van der Waals surface area contributed by atoms with Gasteiger partial charge in [0.05, 0.1) is 11.8 Å². The molecule has 0 aliphatic carbocycles. The Balaban J connectivity index is 1.50. The Morgan fingerprint density at radius 1 is 0.872 bits per heavy atom. The summed E-state index contributed by atoms with van der Waals surface area (Å²) in [5, 5.41) is 15.8. The topological polar surface area (TPSA) is 124 Å². The van der Waals surface area contributed by atoms with Gasteiger partial charge in [-0.25, -0.2) is 10.2 Å². The van der Waals surface area contributed by atoms with Gasteiger partial charge in [0.1, 0.15) is 17.2 Å². The third kappa shape index (κ3) is 7.07. The quantitative estimate of drug-likeness (QED) is 0.167. The van der Waals surface area contributed by atoms with Crippen molar-refractivity contribution in [3.63, 3.8) is 0 Å². The molecule has 0 atom stereocenters. The first kappa shape index (κ1) is 26.6. The molecule has 196 valence electrons. The Labute approximate surface area is 225 Å². The van der Waals surface area contributed by atoms with Crippen LogP contribution in [-0.4, -0.2) is 43.2 Å². The second kappa shape index (κ2) is 12.2. The number of furan rings is 1. The number of rotatable bonds is 9. The summed E-state index contributed by atoms with van der Waals surface area (Å²) in [4.78, 5) is 39.0. The number of hydrazone groups is 1. The first-order valence-corrected chi connectivity index (χ1v) is 11.9. The van der Waals surface area contributed by atoms with Crippen LogP contribution in [-0.2, 0) is 4.79 Å². The number of carbonyl (C=O) groups excluding carboxylic acids is 2. The zero-order valence-electron chi connectivity index (χ0n) is 21.3. The molecule has 0 spiro atoms. The third-order valence-corrected chi connectivity index (χ3v) is 5.63. The van der Waals surface area contributed by atoms with Crippen molar-refractivity contribution in [3.8, 4) is 11.3 Å². The number of carboxylic acid groups (broad SMARTS) is 1. The molecule has 0 saturated carbocycles. The maximum atomic E-state index is 13.0. The van der Waals surface area contributed by atoms with Gasteiger partial charge in [-0.3, -0.25) is 9.59 Å². The fraction of sp³-hybridized carbons (Fsp3) is 0.0667. The van der Waals surface area contributed by atoms with E-state index >= 15 is 0 Å². The van der Waals surface area contributed by atoms with Gasteiger partial charge in [0.25, 0.3) is 11.8 Å². The van der Waals surface area contributed by atoms with Crippen molar-refractivity contribution < 1.29 is 23.9 Å². The molecule has 4 aromatic rings. The Kier molecular flexibility index (Phi) is 8.33. The number of benzene rings is 3. The van der Waals surface area contributed by atoms with Crippen LogP contribution in [0.15, 0.2) is 106 Å². The highest BCUT2D eigenvalue weighted by atomic mass is 16.4. The van der Waals surface area contributed by atoms with Gasteiger partial charge < -0.3 is 19.7 Å². The highest BCUT2D eigenvalue weighted by molar-refractivity contribution is 6.05. The summed E-state index contributed by atoms with van der Waals surface area (Å²) in [5.74, 6) is -1.32. The zero-order chi connectivity index (χ0) is 27.8. The molecule has 9 heteroatoms. The molecule has 1 aromatic heterocycles. The first-order valence-electron chi connectivity index (χ1n) is 11.9. The van der Waals surface area contributed by atoms with Crippen LogP contribution < -0.4 is 15.6 Å². The van der Waals surface area contributed by atoms with E-state index in [-0.39, 0.29) is 11.3 Å². The van der Waals surface area contributed by atoms with Crippen LogP contribution in [0.4, 0.5) is 5.69 Å². The van der Waals surface area contributed by atoms with Gasteiger partial charge in [-0.2, -0.15) is 5.10 Å². The van der Waals surface area contributed by atoms with Gasteiger partial charge in [-0.05, 0) is 60.2 Å². The summed E-state index contributed by atoms with van der Waals surface area (Å²) >= 11 is 0. The highest BCUT2D eigenvalue weighted by Crippen LogP contribution is 2.22. The van der Waals surface area contributed by atoms with Crippen LogP contribution in [0.1, 0.15) is 32.0 Å². The summed E-state index contributed by atoms with van der Waals surface area (Å²) in [6, 6.07) is 25.7. The minimum atomic E-state index is -1.04. The van der Waals surface area contributed by atoms with Crippen LogP contribution in [0.2, 0.25) is 0 Å². The number of amides is 2. The van der Waals surface area contributed by atoms with E-state index in [4.69, 9.17) is 4.42 Å².